The van der Waals surface area contributed by atoms with E-state index in [0.717, 1.165) is 12.1 Å². The highest BCUT2D eigenvalue weighted by Crippen LogP contribution is 2.35. The van der Waals surface area contributed by atoms with Gasteiger partial charge in [0, 0.05) is 25.5 Å². The highest BCUT2D eigenvalue weighted by Gasteiger charge is 2.10. The molecule has 0 spiro atoms. The van der Waals surface area contributed by atoms with Gasteiger partial charge in [-0.3, -0.25) is 4.98 Å². The number of nitrogens with one attached hydrogen (secondary N) is 1. The van der Waals surface area contributed by atoms with E-state index in [-0.39, 0.29) is 0 Å². The van der Waals surface area contributed by atoms with Gasteiger partial charge in [0.2, 0.25) is 0 Å². The Balaban J connectivity index is 2.04. The normalized spacial score (nSPS) is 10.5. The predicted octanol–water partition coefficient (Wildman–Crippen LogP) is 3.35. The number of rotatable bonds is 6. The van der Waals surface area contributed by atoms with Crippen molar-refractivity contribution in [2.45, 2.75) is 20.0 Å². The van der Waals surface area contributed by atoms with Crippen LogP contribution in [0.2, 0.25) is 5.02 Å². The third-order valence-electron chi connectivity index (χ3n) is 3.27. The van der Waals surface area contributed by atoms with Crippen molar-refractivity contribution < 1.29 is 9.47 Å². The molecule has 0 radical (unpaired) electrons. The lowest BCUT2D eigenvalue weighted by Crippen LogP contribution is -2.13. The Labute approximate surface area is 130 Å². The molecule has 0 amide bonds. The van der Waals surface area contributed by atoms with Crippen molar-refractivity contribution >= 4 is 11.6 Å². The van der Waals surface area contributed by atoms with Crippen LogP contribution in [0.3, 0.4) is 0 Å². The molecule has 1 aromatic heterocycles. The number of pyridine rings is 1. The van der Waals surface area contributed by atoms with Gasteiger partial charge in [-0.1, -0.05) is 11.6 Å². The van der Waals surface area contributed by atoms with Crippen molar-refractivity contribution in [2.24, 2.45) is 0 Å². The maximum atomic E-state index is 6.19. The quantitative estimate of drug-likeness (QED) is 0.889. The fraction of sp³-hybridized carbons (Fsp3) is 0.312. The smallest absolute Gasteiger partial charge is 0.179 e. The number of benzene rings is 1. The standard InChI is InChI=1S/C16H19ClN2O2/c1-11-8-18-5-4-13(11)10-19-9-12-6-14(17)16(21-3)15(7-12)20-2/h4-8,19H,9-10H2,1-3H3. The molecule has 1 aromatic carbocycles. The van der Waals surface area contributed by atoms with E-state index in [1.165, 1.54) is 11.1 Å². The molecule has 0 aliphatic heterocycles. The van der Waals surface area contributed by atoms with E-state index in [4.69, 9.17) is 21.1 Å². The first kappa shape index (κ1) is 15.6. The van der Waals surface area contributed by atoms with Gasteiger partial charge >= 0.3 is 0 Å². The van der Waals surface area contributed by atoms with Gasteiger partial charge < -0.3 is 14.8 Å². The van der Waals surface area contributed by atoms with Crippen LogP contribution in [0.1, 0.15) is 16.7 Å². The Morgan fingerprint density at radius 2 is 2.00 bits per heavy atom. The second kappa shape index (κ2) is 7.29. The summed E-state index contributed by atoms with van der Waals surface area (Å²) >= 11 is 6.19. The summed E-state index contributed by atoms with van der Waals surface area (Å²) in [5.41, 5.74) is 3.45. The zero-order chi connectivity index (χ0) is 15.2. The predicted molar refractivity (Wildman–Crippen MR) is 84.1 cm³/mol. The number of methoxy groups -OCH3 is 2. The van der Waals surface area contributed by atoms with Crippen LogP contribution in [-0.4, -0.2) is 19.2 Å². The highest BCUT2D eigenvalue weighted by molar-refractivity contribution is 6.32. The molecule has 0 aliphatic carbocycles. The van der Waals surface area contributed by atoms with Crippen molar-refractivity contribution in [3.63, 3.8) is 0 Å². The Morgan fingerprint density at radius 1 is 1.19 bits per heavy atom. The van der Waals surface area contributed by atoms with Crippen molar-refractivity contribution in [3.8, 4) is 11.5 Å². The van der Waals surface area contributed by atoms with Gasteiger partial charge in [0.25, 0.3) is 0 Å². The third kappa shape index (κ3) is 3.86. The molecule has 21 heavy (non-hydrogen) atoms. The summed E-state index contributed by atoms with van der Waals surface area (Å²) in [7, 11) is 3.18. The van der Waals surface area contributed by atoms with Crippen molar-refractivity contribution in [1.29, 1.82) is 0 Å². The van der Waals surface area contributed by atoms with Crippen molar-refractivity contribution in [2.75, 3.05) is 14.2 Å². The Morgan fingerprint density at radius 3 is 2.67 bits per heavy atom. The number of ether oxygens (including phenoxy) is 2. The van der Waals surface area contributed by atoms with Gasteiger partial charge in [-0.15, -0.1) is 0 Å². The average molecular weight is 307 g/mol. The summed E-state index contributed by atoms with van der Waals surface area (Å²) in [6, 6.07) is 5.83. The summed E-state index contributed by atoms with van der Waals surface area (Å²) in [6.07, 6.45) is 3.67. The molecule has 4 nitrogen and oxygen atoms in total. The molecule has 112 valence electrons. The van der Waals surface area contributed by atoms with E-state index in [1.54, 1.807) is 20.4 Å². The van der Waals surface area contributed by atoms with E-state index in [2.05, 4.69) is 17.2 Å². The third-order valence-corrected chi connectivity index (χ3v) is 3.56. The maximum absolute atomic E-state index is 6.19. The molecule has 0 saturated heterocycles. The monoisotopic (exact) mass is 306 g/mol. The lowest BCUT2D eigenvalue weighted by Gasteiger charge is -2.12. The molecule has 5 heteroatoms. The number of aromatic nitrogens is 1. The summed E-state index contributed by atoms with van der Waals surface area (Å²) in [5.74, 6) is 1.20. The molecule has 0 aliphatic rings. The van der Waals surface area contributed by atoms with Gasteiger partial charge in [-0.2, -0.15) is 0 Å². The van der Waals surface area contributed by atoms with Crippen molar-refractivity contribution in [3.05, 3.63) is 52.3 Å². The van der Waals surface area contributed by atoms with Gasteiger partial charge in [0.15, 0.2) is 11.5 Å². The second-order valence-electron chi connectivity index (χ2n) is 4.72. The molecule has 0 bridgehead atoms. The van der Waals surface area contributed by atoms with E-state index in [0.29, 0.717) is 23.1 Å². The van der Waals surface area contributed by atoms with Gasteiger partial charge in [-0.25, -0.2) is 0 Å². The molecule has 2 rings (SSSR count). The van der Waals surface area contributed by atoms with Crippen LogP contribution in [0.25, 0.3) is 0 Å². The minimum atomic E-state index is 0.550. The number of nitrogens with zero attached hydrogens (tertiary/aromatic N) is 1. The lowest BCUT2D eigenvalue weighted by atomic mass is 10.1. The van der Waals surface area contributed by atoms with E-state index in [9.17, 15) is 0 Å². The van der Waals surface area contributed by atoms with Crippen LogP contribution < -0.4 is 14.8 Å². The second-order valence-corrected chi connectivity index (χ2v) is 5.13. The zero-order valence-electron chi connectivity index (χ0n) is 12.4. The number of halogens is 1. The van der Waals surface area contributed by atoms with Crippen LogP contribution in [0.5, 0.6) is 11.5 Å². The SMILES string of the molecule is COc1cc(CNCc2ccncc2C)cc(Cl)c1OC. The Hall–Kier alpha value is -1.78. The first-order chi connectivity index (χ1) is 10.2. The highest BCUT2D eigenvalue weighted by atomic mass is 35.5. The summed E-state index contributed by atoms with van der Waals surface area (Å²) in [6.45, 7) is 3.53. The lowest BCUT2D eigenvalue weighted by molar-refractivity contribution is 0.354. The molecular formula is C16H19ClN2O2. The van der Waals surface area contributed by atoms with Crippen LogP contribution in [0.4, 0.5) is 0 Å². The molecular weight excluding hydrogens is 288 g/mol. The van der Waals surface area contributed by atoms with E-state index in [1.807, 2.05) is 24.4 Å². The molecule has 0 atom stereocenters. The first-order valence-electron chi connectivity index (χ1n) is 6.66. The van der Waals surface area contributed by atoms with Crippen LogP contribution in [0.15, 0.2) is 30.6 Å². The minimum Gasteiger partial charge on any atom is -0.493 e. The van der Waals surface area contributed by atoms with Gasteiger partial charge in [0.1, 0.15) is 0 Å². The number of hydrogen-bond donors (Lipinski definition) is 1. The molecule has 2 aromatic rings. The molecule has 1 N–H and O–H groups in total. The van der Waals surface area contributed by atoms with E-state index < -0.39 is 0 Å². The van der Waals surface area contributed by atoms with Crippen molar-refractivity contribution in [1.82, 2.24) is 10.3 Å². The zero-order valence-corrected chi connectivity index (χ0v) is 13.2. The van der Waals surface area contributed by atoms with Crippen LogP contribution in [0, 0.1) is 6.92 Å². The molecule has 0 unspecified atom stereocenters. The largest absolute Gasteiger partial charge is 0.493 e. The summed E-state index contributed by atoms with van der Waals surface area (Å²) < 4.78 is 10.5. The fourth-order valence-electron chi connectivity index (χ4n) is 2.12. The summed E-state index contributed by atoms with van der Waals surface area (Å²) in [5, 5.41) is 3.94. The van der Waals surface area contributed by atoms with Crippen LogP contribution in [-0.2, 0) is 13.1 Å². The first-order valence-corrected chi connectivity index (χ1v) is 7.04. The minimum absolute atomic E-state index is 0.550. The van der Waals surface area contributed by atoms with E-state index >= 15 is 0 Å². The summed E-state index contributed by atoms with van der Waals surface area (Å²) in [4.78, 5) is 4.09. The van der Waals surface area contributed by atoms with Gasteiger partial charge in [-0.05, 0) is 41.8 Å². The maximum Gasteiger partial charge on any atom is 0.179 e. The number of hydrogen-bond acceptors (Lipinski definition) is 4. The topological polar surface area (TPSA) is 43.4 Å². The molecule has 0 fully saturated rings. The molecule has 1 heterocycles. The fourth-order valence-corrected chi connectivity index (χ4v) is 2.43. The Bertz CT molecular complexity index is 617. The average Bonchev–Trinajstić information content (AvgIpc) is 2.48. The molecule has 0 saturated carbocycles. The Kier molecular flexibility index (Phi) is 5.42. The van der Waals surface area contributed by atoms with Gasteiger partial charge in [0.05, 0.1) is 19.2 Å². The number of aryl methyl sites for hydroxylation is 1. The van der Waals surface area contributed by atoms with Crippen LogP contribution >= 0.6 is 11.6 Å².